The van der Waals surface area contributed by atoms with Gasteiger partial charge in [-0.3, -0.25) is 9.59 Å². The van der Waals surface area contributed by atoms with Crippen LogP contribution in [0.25, 0.3) is 0 Å². The Balaban J connectivity index is 1.77. The van der Waals surface area contributed by atoms with Crippen LogP contribution in [0, 0.1) is 6.92 Å². The van der Waals surface area contributed by atoms with Crippen LogP contribution < -0.4 is 10.1 Å². The normalized spacial score (nSPS) is 10.3. The summed E-state index contributed by atoms with van der Waals surface area (Å²) in [4.78, 5) is 28.3. The number of aromatic nitrogens is 1. The quantitative estimate of drug-likeness (QED) is 0.797. The van der Waals surface area contributed by atoms with Crippen LogP contribution in [0.1, 0.15) is 33.6 Å². The molecule has 1 amide bonds. The molecular formula is C16H18N2O3S. The smallest absolute Gasteiger partial charge is 0.258 e. The molecule has 1 N–H and O–H groups in total. The Kier molecular flexibility index (Phi) is 5.66. The summed E-state index contributed by atoms with van der Waals surface area (Å²) in [5.74, 6) is 0.459. The molecule has 6 heteroatoms. The van der Waals surface area contributed by atoms with E-state index in [0.29, 0.717) is 24.3 Å². The van der Waals surface area contributed by atoms with Crippen molar-refractivity contribution in [3.8, 4) is 5.75 Å². The summed E-state index contributed by atoms with van der Waals surface area (Å²) < 4.78 is 5.39. The largest absolute Gasteiger partial charge is 0.484 e. The third-order valence-corrected chi connectivity index (χ3v) is 3.91. The summed E-state index contributed by atoms with van der Waals surface area (Å²) in [5, 5.41) is 3.75. The lowest BCUT2D eigenvalue weighted by Gasteiger charge is -2.07. The first-order valence-electron chi connectivity index (χ1n) is 7.02. The van der Waals surface area contributed by atoms with Crippen molar-refractivity contribution in [1.82, 2.24) is 10.3 Å². The van der Waals surface area contributed by atoms with E-state index in [2.05, 4.69) is 10.3 Å². The lowest BCUT2D eigenvalue weighted by atomic mass is 10.1. The molecule has 0 aliphatic carbocycles. The Labute approximate surface area is 133 Å². The van der Waals surface area contributed by atoms with Crippen molar-refractivity contribution in [2.45, 2.75) is 26.8 Å². The van der Waals surface area contributed by atoms with Gasteiger partial charge in [-0.1, -0.05) is 6.92 Å². The Morgan fingerprint density at radius 1 is 1.27 bits per heavy atom. The van der Waals surface area contributed by atoms with Gasteiger partial charge in [0.15, 0.2) is 12.4 Å². The number of rotatable bonds is 7. The molecule has 0 unspecified atom stereocenters. The van der Waals surface area contributed by atoms with E-state index in [0.717, 1.165) is 9.88 Å². The van der Waals surface area contributed by atoms with E-state index in [1.807, 2.05) is 13.8 Å². The van der Waals surface area contributed by atoms with E-state index < -0.39 is 0 Å². The Bertz CT molecular complexity index is 650. The zero-order chi connectivity index (χ0) is 15.9. The van der Waals surface area contributed by atoms with Crippen molar-refractivity contribution >= 4 is 23.0 Å². The van der Waals surface area contributed by atoms with Crippen LogP contribution in [-0.2, 0) is 11.3 Å². The summed E-state index contributed by atoms with van der Waals surface area (Å²) in [6.45, 7) is 4.14. The second kappa shape index (κ2) is 7.70. The molecule has 0 spiro atoms. The lowest BCUT2D eigenvalue weighted by Crippen LogP contribution is -2.28. The highest BCUT2D eigenvalue weighted by molar-refractivity contribution is 7.11. The van der Waals surface area contributed by atoms with Crippen LogP contribution >= 0.6 is 11.3 Å². The van der Waals surface area contributed by atoms with Crippen LogP contribution in [-0.4, -0.2) is 23.3 Å². The van der Waals surface area contributed by atoms with E-state index in [-0.39, 0.29) is 18.3 Å². The number of thiazole rings is 1. The minimum absolute atomic E-state index is 0.0567. The molecule has 1 heterocycles. The minimum Gasteiger partial charge on any atom is -0.484 e. The summed E-state index contributed by atoms with van der Waals surface area (Å²) in [5.41, 5.74) is 0.653. The van der Waals surface area contributed by atoms with Crippen molar-refractivity contribution in [1.29, 1.82) is 0 Å². The van der Waals surface area contributed by atoms with Crippen molar-refractivity contribution in [2.24, 2.45) is 0 Å². The Morgan fingerprint density at radius 2 is 2.00 bits per heavy atom. The highest BCUT2D eigenvalue weighted by Gasteiger charge is 2.06. The Morgan fingerprint density at radius 3 is 2.59 bits per heavy atom. The van der Waals surface area contributed by atoms with Gasteiger partial charge >= 0.3 is 0 Å². The second-order valence-corrected chi connectivity index (χ2v) is 6.03. The van der Waals surface area contributed by atoms with E-state index >= 15 is 0 Å². The number of carbonyl (C=O) groups is 2. The number of benzene rings is 1. The first kappa shape index (κ1) is 16.2. The molecule has 2 rings (SSSR count). The maximum absolute atomic E-state index is 11.7. The fraction of sp³-hybridized carbons (Fsp3) is 0.312. The van der Waals surface area contributed by atoms with Crippen molar-refractivity contribution in [3.63, 3.8) is 0 Å². The molecule has 0 fully saturated rings. The molecule has 1 aromatic heterocycles. The zero-order valence-corrected chi connectivity index (χ0v) is 13.4. The van der Waals surface area contributed by atoms with Gasteiger partial charge in [-0.25, -0.2) is 4.98 Å². The number of hydrogen-bond donors (Lipinski definition) is 1. The predicted octanol–water partition coefficient (Wildman–Crippen LogP) is 2.74. The van der Waals surface area contributed by atoms with Crippen molar-refractivity contribution < 1.29 is 14.3 Å². The molecule has 0 radical (unpaired) electrons. The standard InChI is InChI=1S/C16H18N2O3S/c1-3-15(19)12-4-6-13(7-5-12)21-10-16(20)18-9-14-8-17-11(2)22-14/h4-8H,3,9-10H2,1-2H3,(H,18,20). The van der Waals surface area contributed by atoms with Gasteiger partial charge in [0.2, 0.25) is 0 Å². The average molecular weight is 318 g/mol. The maximum atomic E-state index is 11.7. The first-order valence-corrected chi connectivity index (χ1v) is 7.84. The van der Waals surface area contributed by atoms with E-state index in [1.165, 1.54) is 0 Å². The van der Waals surface area contributed by atoms with E-state index in [4.69, 9.17) is 4.74 Å². The number of ketones is 1. The number of hydrogen-bond acceptors (Lipinski definition) is 5. The highest BCUT2D eigenvalue weighted by Crippen LogP contribution is 2.13. The summed E-state index contributed by atoms with van der Waals surface area (Å²) in [6.07, 6.45) is 2.23. The number of amides is 1. The summed E-state index contributed by atoms with van der Waals surface area (Å²) in [6, 6.07) is 6.81. The third-order valence-electron chi connectivity index (χ3n) is 3.00. The van der Waals surface area contributed by atoms with Crippen LogP contribution in [0.15, 0.2) is 30.5 Å². The van der Waals surface area contributed by atoms with Crippen LogP contribution in [0.4, 0.5) is 0 Å². The first-order chi connectivity index (χ1) is 10.6. The number of ether oxygens (including phenoxy) is 1. The fourth-order valence-corrected chi connectivity index (χ4v) is 2.55. The van der Waals surface area contributed by atoms with Gasteiger partial charge < -0.3 is 10.1 Å². The van der Waals surface area contributed by atoms with Gasteiger partial charge in [-0.15, -0.1) is 11.3 Å². The van der Waals surface area contributed by atoms with Crippen LogP contribution in [0.2, 0.25) is 0 Å². The number of nitrogens with zero attached hydrogens (tertiary/aromatic N) is 1. The molecule has 5 nitrogen and oxygen atoms in total. The summed E-state index contributed by atoms with van der Waals surface area (Å²) in [7, 11) is 0. The molecule has 0 saturated carbocycles. The van der Waals surface area contributed by atoms with Gasteiger partial charge in [-0.05, 0) is 31.2 Å². The predicted molar refractivity (Wildman–Crippen MR) is 85.3 cm³/mol. The molecule has 0 aliphatic rings. The maximum Gasteiger partial charge on any atom is 0.258 e. The van der Waals surface area contributed by atoms with Gasteiger partial charge in [0.1, 0.15) is 5.75 Å². The fourth-order valence-electron chi connectivity index (χ4n) is 1.81. The number of Topliss-reactive ketones (excluding diaryl/α,β-unsaturated/α-hetero) is 1. The van der Waals surface area contributed by atoms with Crippen LogP contribution in [0.5, 0.6) is 5.75 Å². The third kappa shape index (κ3) is 4.66. The zero-order valence-electron chi connectivity index (χ0n) is 12.6. The molecule has 0 saturated heterocycles. The molecule has 0 atom stereocenters. The molecule has 0 aliphatic heterocycles. The van der Waals surface area contributed by atoms with E-state index in [1.54, 1.807) is 41.8 Å². The van der Waals surface area contributed by atoms with Crippen LogP contribution in [0.3, 0.4) is 0 Å². The Hall–Kier alpha value is -2.21. The molecule has 0 bridgehead atoms. The van der Waals surface area contributed by atoms with Gasteiger partial charge in [0.05, 0.1) is 11.6 Å². The SMILES string of the molecule is CCC(=O)c1ccc(OCC(=O)NCc2cnc(C)s2)cc1. The average Bonchev–Trinajstić information content (AvgIpc) is 2.96. The molecular weight excluding hydrogens is 300 g/mol. The number of carbonyl (C=O) groups excluding carboxylic acids is 2. The molecule has 22 heavy (non-hydrogen) atoms. The summed E-state index contributed by atoms with van der Waals surface area (Å²) >= 11 is 1.55. The molecule has 2 aromatic rings. The number of nitrogens with one attached hydrogen (secondary N) is 1. The van der Waals surface area contributed by atoms with Gasteiger partial charge in [0, 0.05) is 23.1 Å². The molecule has 1 aromatic carbocycles. The topological polar surface area (TPSA) is 68.3 Å². The minimum atomic E-state index is -0.195. The monoisotopic (exact) mass is 318 g/mol. The van der Waals surface area contributed by atoms with Crippen molar-refractivity contribution in [3.05, 3.63) is 45.9 Å². The lowest BCUT2D eigenvalue weighted by molar-refractivity contribution is -0.123. The van der Waals surface area contributed by atoms with Gasteiger partial charge in [0.25, 0.3) is 5.91 Å². The highest BCUT2D eigenvalue weighted by atomic mass is 32.1. The van der Waals surface area contributed by atoms with Gasteiger partial charge in [-0.2, -0.15) is 0 Å². The van der Waals surface area contributed by atoms with E-state index in [9.17, 15) is 9.59 Å². The van der Waals surface area contributed by atoms with Crippen molar-refractivity contribution in [2.75, 3.05) is 6.61 Å². The molecule has 116 valence electrons. The number of aryl methyl sites for hydroxylation is 1. The second-order valence-electron chi connectivity index (χ2n) is 4.71.